The Labute approximate surface area is 117 Å². The van der Waals surface area contributed by atoms with Crippen LogP contribution in [-0.2, 0) is 14.3 Å². The van der Waals surface area contributed by atoms with E-state index in [0.29, 0.717) is 0 Å². The maximum absolute atomic E-state index is 12.2. The lowest BCUT2D eigenvalue weighted by Crippen LogP contribution is -2.39. The second kappa shape index (κ2) is 7.04. The van der Waals surface area contributed by atoms with E-state index < -0.39 is 17.5 Å². The van der Waals surface area contributed by atoms with Crippen LogP contribution in [0.4, 0.5) is 0 Å². The Kier molecular flexibility index (Phi) is 6.70. The first kappa shape index (κ1) is 18.1. The molecule has 0 aliphatic carbocycles. The molecule has 4 heteroatoms. The SMILES string of the molecule is CC(=O)C(C(=O)OC(C)(C)C)C(C)C(C)CN(C)C. The number of hydrogen-bond donors (Lipinski definition) is 0. The summed E-state index contributed by atoms with van der Waals surface area (Å²) in [5, 5.41) is 0. The van der Waals surface area contributed by atoms with E-state index in [4.69, 9.17) is 4.74 Å². The quantitative estimate of drug-likeness (QED) is 0.549. The van der Waals surface area contributed by atoms with Crippen molar-refractivity contribution < 1.29 is 14.3 Å². The normalized spacial score (nSPS) is 16.9. The highest BCUT2D eigenvalue weighted by atomic mass is 16.6. The third-order valence-electron chi connectivity index (χ3n) is 3.18. The van der Waals surface area contributed by atoms with Crippen molar-refractivity contribution in [3.05, 3.63) is 0 Å². The van der Waals surface area contributed by atoms with Gasteiger partial charge in [0.05, 0.1) is 0 Å². The molecule has 3 unspecified atom stereocenters. The van der Waals surface area contributed by atoms with E-state index in [9.17, 15) is 9.59 Å². The first-order valence-electron chi connectivity index (χ1n) is 6.83. The minimum absolute atomic E-state index is 0.0326. The molecule has 0 heterocycles. The molecule has 4 nitrogen and oxygen atoms in total. The van der Waals surface area contributed by atoms with Gasteiger partial charge in [0, 0.05) is 6.54 Å². The van der Waals surface area contributed by atoms with Crippen LogP contribution in [-0.4, -0.2) is 42.9 Å². The van der Waals surface area contributed by atoms with E-state index in [1.807, 2.05) is 41.8 Å². The first-order valence-corrected chi connectivity index (χ1v) is 6.83. The van der Waals surface area contributed by atoms with Gasteiger partial charge < -0.3 is 9.64 Å². The van der Waals surface area contributed by atoms with Crippen LogP contribution in [0.15, 0.2) is 0 Å². The maximum Gasteiger partial charge on any atom is 0.317 e. The minimum Gasteiger partial charge on any atom is -0.459 e. The van der Waals surface area contributed by atoms with E-state index in [0.717, 1.165) is 6.54 Å². The molecule has 0 radical (unpaired) electrons. The molecule has 0 fully saturated rings. The summed E-state index contributed by atoms with van der Waals surface area (Å²) >= 11 is 0. The van der Waals surface area contributed by atoms with Crippen molar-refractivity contribution in [1.82, 2.24) is 4.90 Å². The molecule has 0 aromatic carbocycles. The lowest BCUT2D eigenvalue weighted by atomic mass is 9.81. The zero-order valence-corrected chi connectivity index (χ0v) is 13.6. The highest BCUT2D eigenvalue weighted by Gasteiger charge is 2.35. The van der Waals surface area contributed by atoms with Crippen LogP contribution < -0.4 is 0 Å². The van der Waals surface area contributed by atoms with Gasteiger partial charge in [-0.1, -0.05) is 13.8 Å². The molecule has 0 aliphatic rings. The number of nitrogens with zero attached hydrogens (tertiary/aromatic N) is 1. The fourth-order valence-corrected chi connectivity index (χ4v) is 2.19. The zero-order chi connectivity index (χ0) is 15.4. The second-order valence-corrected chi connectivity index (χ2v) is 6.72. The summed E-state index contributed by atoms with van der Waals surface area (Å²) in [4.78, 5) is 26.0. The molecule has 0 saturated carbocycles. The van der Waals surface area contributed by atoms with Crippen LogP contribution in [0.1, 0.15) is 41.5 Å². The Morgan fingerprint density at radius 2 is 1.63 bits per heavy atom. The number of rotatable bonds is 6. The molecule has 0 N–H and O–H groups in total. The fourth-order valence-electron chi connectivity index (χ4n) is 2.19. The summed E-state index contributed by atoms with van der Waals surface area (Å²) in [6.45, 7) is 11.8. The number of esters is 1. The Morgan fingerprint density at radius 1 is 1.16 bits per heavy atom. The standard InChI is InChI=1S/C15H29NO3/c1-10(9-16(7)8)11(2)13(12(3)17)14(18)19-15(4,5)6/h10-11,13H,9H2,1-8H3. The largest absolute Gasteiger partial charge is 0.459 e. The molecule has 0 rings (SSSR count). The van der Waals surface area contributed by atoms with Crippen molar-refractivity contribution in [2.75, 3.05) is 20.6 Å². The van der Waals surface area contributed by atoms with Gasteiger partial charge in [-0.3, -0.25) is 9.59 Å². The van der Waals surface area contributed by atoms with Crippen LogP contribution >= 0.6 is 0 Å². The van der Waals surface area contributed by atoms with E-state index in [1.165, 1.54) is 6.92 Å². The molecule has 0 aliphatic heterocycles. The average molecular weight is 271 g/mol. The third-order valence-corrected chi connectivity index (χ3v) is 3.18. The van der Waals surface area contributed by atoms with Gasteiger partial charge in [-0.25, -0.2) is 0 Å². The van der Waals surface area contributed by atoms with Crippen molar-refractivity contribution in [1.29, 1.82) is 0 Å². The lowest BCUT2D eigenvalue weighted by molar-refractivity contribution is -0.164. The number of ether oxygens (including phenoxy) is 1. The summed E-state index contributed by atoms with van der Waals surface area (Å²) in [6.07, 6.45) is 0. The van der Waals surface area contributed by atoms with Crippen molar-refractivity contribution >= 4 is 11.8 Å². The summed E-state index contributed by atoms with van der Waals surface area (Å²) in [6, 6.07) is 0. The van der Waals surface area contributed by atoms with Gasteiger partial charge >= 0.3 is 5.97 Å². The molecule has 0 saturated heterocycles. The van der Waals surface area contributed by atoms with Gasteiger partial charge in [-0.15, -0.1) is 0 Å². The molecule has 0 amide bonds. The number of Topliss-reactive ketones (excluding diaryl/α,β-unsaturated/α-hetero) is 1. The number of carbonyl (C=O) groups excluding carboxylic acids is 2. The molecule has 3 atom stereocenters. The van der Waals surface area contributed by atoms with E-state index in [2.05, 4.69) is 11.8 Å². The van der Waals surface area contributed by atoms with Gasteiger partial charge in [-0.05, 0) is 53.6 Å². The van der Waals surface area contributed by atoms with E-state index in [1.54, 1.807) is 0 Å². The molecule has 0 bridgehead atoms. The van der Waals surface area contributed by atoms with Crippen LogP contribution in [0.5, 0.6) is 0 Å². The maximum atomic E-state index is 12.2. The second-order valence-electron chi connectivity index (χ2n) is 6.72. The van der Waals surface area contributed by atoms with Gasteiger partial charge in [-0.2, -0.15) is 0 Å². The topological polar surface area (TPSA) is 46.6 Å². The first-order chi connectivity index (χ1) is 8.45. The molecule has 112 valence electrons. The van der Waals surface area contributed by atoms with Gasteiger partial charge in [0.1, 0.15) is 17.3 Å². The average Bonchev–Trinajstić information content (AvgIpc) is 2.12. The van der Waals surface area contributed by atoms with Gasteiger partial charge in [0.2, 0.25) is 0 Å². The summed E-state index contributed by atoms with van der Waals surface area (Å²) in [5.41, 5.74) is -0.560. The Morgan fingerprint density at radius 3 is 1.95 bits per heavy atom. The predicted octanol–water partition coefficient (Wildman–Crippen LogP) is 2.37. The Balaban J connectivity index is 4.91. The third kappa shape index (κ3) is 6.71. The van der Waals surface area contributed by atoms with Gasteiger partial charge in [0.25, 0.3) is 0 Å². The molecular formula is C15H29NO3. The van der Waals surface area contributed by atoms with Gasteiger partial charge in [0.15, 0.2) is 0 Å². The molecule has 0 aromatic rings. The van der Waals surface area contributed by atoms with Crippen molar-refractivity contribution in [3.8, 4) is 0 Å². The van der Waals surface area contributed by atoms with Crippen LogP contribution in [0, 0.1) is 17.8 Å². The predicted molar refractivity (Wildman–Crippen MR) is 76.9 cm³/mol. The van der Waals surface area contributed by atoms with Crippen LogP contribution in [0.3, 0.4) is 0 Å². The molecule has 0 aromatic heterocycles. The van der Waals surface area contributed by atoms with Crippen molar-refractivity contribution in [3.63, 3.8) is 0 Å². The number of hydrogen-bond acceptors (Lipinski definition) is 4. The summed E-state index contributed by atoms with van der Waals surface area (Å²) in [7, 11) is 3.97. The highest BCUT2D eigenvalue weighted by Crippen LogP contribution is 2.25. The monoisotopic (exact) mass is 271 g/mol. The minimum atomic E-state index is -0.672. The van der Waals surface area contributed by atoms with Crippen molar-refractivity contribution in [2.45, 2.75) is 47.1 Å². The Bertz CT molecular complexity index is 318. The summed E-state index contributed by atoms with van der Waals surface area (Å²) < 4.78 is 5.36. The van der Waals surface area contributed by atoms with Crippen LogP contribution in [0.2, 0.25) is 0 Å². The molecule has 0 spiro atoms. The molecule has 19 heavy (non-hydrogen) atoms. The number of carbonyl (C=O) groups is 2. The van der Waals surface area contributed by atoms with E-state index >= 15 is 0 Å². The lowest BCUT2D eigenvalue weighted by Gasteiger charge is -2.30. The smallest absolute Gasteiger partial charge is 0.317 e. The van der Waals surface area contributed by atoms with Crippen LogP contribution in [0.25, 0.3) is 0 Å². The Hall–Kier alpha value is -0.900. The molecular weight excluding hydrogens is 242 g/mol. The van der Waals surface area contributed by atoms with Crippen molar-refractivity contribution in [2.24, 2.45) is 17.8 Å². The number of ketones is 1. The zero-order valence-electron chi connectivity index (χ0n) is 13.6. The fraction of sp³-hybridized carbons (Fsp3) is 0.867. The highest BCUT2D eigenvalue weighted by molar-refractivity contribution is 5.98. The summed E-state index contributed by atoms with van der Waals surface area (Å²) in [5.74, 6) is -0.981. The van der Waals surface area contributed by atoms with E-state index in [-0.39, 0.29) is 17.6 Å².